The first-order valence-corrected chi connectivity index (χ1v) is 9.74. The quantitative estimate of drug-likeness (QED) is 0.544. The molecule has 1 amide bonds. The highest BCUT2D eigenvalue weighted by Crippen LogP contribution is 2.42. The van der Waals surface area contributed by atoms with E-state index in [2.05, 4.69) is 10.3 Å². The molecular weight excluding hydrogens is 366 g/mol. The average Bonchev–Trinajstić information content (AvgIpc) is 3.01. The van der Waals surface area contributed by atoms with E-state index in [9.17, 15) is 9.00 Å². The van der Waals surface area contributed by atoms with Crippen LogP contribution < -0.4 is 9.03 Å². The molecule has 132 valence electrons. The second-order valence-corrected chi connectivity index (χ2v) is 7.88. The van der Waals surface area contributed by atoms with Gasteiger partial charge in [0, 0.05) is 23.0 Å². The molecule has 7 heteroatoms. The summed E-state index contributed by atoms with van der Waals surface area (Å²) in [7, 11) is -1.10. The van der Waals surface area contributed by atoms with E-state index < -0.39 is 11.0 Å². The lowest BCUT2D eigenvalue weighted by Gasteiger charge is -2.14. The molecule has 4 rings (SSSR count). The molecule has 0 radical (unpaired) electrons. The molecule has 1 atom stereocenters. The minimum Gasteiger partial charge on any atom is -0.313 e. The van der Waals surface area contributed by atoms with Gasteiger partial charge in [-0.15, -0.1) is 0 Å². The van der Waals surface area contributed by atoms with Crippen molar-refractivity contribution in [3.05, 3.63) is 78.5 Å². The van der Waals surface area contributed by atoms with E-state index >= 15 is 0 Å². The molecule has 0 saturated carbocycles. The van der Waals surface area contributed by atoms with Gasteiger partial charge in [0.1, 0.15) is 5.82 Å². The Morgan fingerprint density at radius 3 is 2.42 bits per heavy atom. The molecule has 3 aromatic rings. The van der Waals surface area contributed by atoms with Gasteiger partial charge in [-0.3, -0.25) is 4.79 Å². The van der Waals surface area contributed by atoms with Gasteiger partial charge in [-0.1, -0.05) is 35.9 Å². The van der Waals surface area contributed by atoms with Crippen molar-refractivity contribution < 1.29 is 9.00 Å². The van der Waals surface area contributed by atoms with Crippen molar-refractivity contribution in [1.82, 2.24) is 4.98 Å². The molecule has 0 saturated heterocycles. The number of nitrogens with zero attached hydrogens (tertiary/aromatic N) is 2. The molecule has 2 aromatic carbocycles. The molecule has 2 heterocycles. The summed E-state index contributed by atoms with van der Waals surface area (Å²) < 4.78 is 14.1. The summed E-state index contributed by atoms with van der Waals surface area (Å²) in [5, 5.41) is 2.42. The lowest BCUT2D eigenvalue weighted by molar-refractivity contribution is -0.105. The first kappa shape index (κ1) is 18.2. The largest absolute Gasteiger partial charge is 0.313 e. The number of rotatable bonds is 3. The zero-order valence-electron chi connectivity index (χ0n) is 14.0. The van der Waals surface area contributed by atoms with Crippen molar-refractivity contribution in [3.63, 3.8) is 0 Å². The number of nitrogens with one attached hydrogen (secondary N) is 1. The Kier molecular flexibility index (Phi) is 6.04. The highest BCUT2D eigenvalue weighted by Gasteiger charge is 2.28. The minimum atomic E-state index is -1.10. The molecular formula is C19H17N3O2S2. The second-order valence-electron chi connectivity index (χ2n) is 5.36. The number of hydrogen-bond acceptors (Lipinski definition) is 4. The average molecular weight is 383 g/mol. The Morgan fingerprint density at radius 2 is 1.77 bits per heavy atom. The van der Waals surface area contributed by atoms with E-state index in [1.165, 1.54) is 17.5 Å². The summed E-state index contributed by atoms with van der Waals surface area (Å²) in [6, 6.07) is 21.2. The van der Waals surface area contributed by atoms with Crippen LogP contribution in [0.25, 0.3) is 0 Å². The van der Waals surface area contributed by atoms with Gasteiger partial charge in [0.15, 0.2) is 11.0 Å². The predicted octanol–water partition coefficient (Wildman–Crippen LogP) is 4.19. The Bertz CT molecular complexity index is 902. The van der Waals surface area contributed by atoms with Crippen molar-refractivity contribution in [2.45, 2.75) is 16.7 Å². The molecule has 1 aliphatic heterocycles. The maximum Gasteiger partial charge on any atom is 0.212 e. The van der Waals surface area contributed by atoms with Gasteiger partial charge in [-0.05, 0) is 43.3 Å². The summed E-state index contributed by atoms with van der Waals surface area (Å²) in [6.45, 7) is 2.05. The molecule has 0 spiro atoms. The van der Waals surface area contributed by atoms with Gasteiger partial charge in [-0.25, -0.2) is 12.9 Å². The van der Waals surface area contributed by atoms with E-state index in [1.54, 1.807) is 24.4 Å². The number of pyridine rings is 1. The summed E-state index contributed by atoms with van der Waals surface area (Å²) in [5.74, 6) is 0.576. The third kappa shape index (κ3) is 4.30. The number of fused-ring (bicyclic) bond motifs is 1. The normalized spacial score (nSPS) is 14.8. The number of carbonyl (C=O) groups is 1. The Labute approximate surface area is 159 Å². The van der Waals surface area contributed by atoms with E-state index in [0.29, 0.717) is 12.2 Å². The van der Waals surface area contributed by atoms with Crippen molar-refractivity contribution in [2.24, 2.45) is 0 Å². The number of hydrogen-bond donors (Lipinski definition) is 1. The number of aromatic nitrogens is 1. The highest BCUT2D eigenvalue weighted by atomic mass is 32.2. The smallest absolute Gasteiger partial charge is 0.212 e. The Balaban J connectivity index is 0.000000185. The molecule has 0 aliphatic carbocycles. The minimum absolute atomic E-state index is 0.576. The number of anilines is 2. The van der Waals surface area contributed by atoms with Gasteiger partial charge < -0.3 is 5.32 Å². The number of benzene rings is 2. The third-order valence-corrected chi connectivity index (χ3v) is 6.42. The van der Waals surface area contributed by atoms with E-state index in [0.717, 1.165) is 15.5 Å². The van der Waals surface area contributed by atoms with E-state index in [1.807, 2.05) is 59.2 Å². The highest BCUT2D eigenvalue weighted by molar-refractivity contribution is 8.14. The zero-order valence-corrected chi connectivity index (χ0v) is 15.7. The molecule has 1 aliphatic rings. The third-order valence-electron chi connectivity index (χ3n) is 3.49. The van der Waals surface area contributed by atoms with Crippen LogP contribution in [-0.4, -0.2) is 15.6 Å². The number of amides is 1. The molecule has 0 fully saturated rings. The van der Waals surface area contributed by atoms with Crippen LogP contribution in [0.15, 0.2) is 82.7 Å². The van der Waals surface area contributed by atoms with E-state index in [4.69, 9.17) is 0 Å². The van der Waals surface area contributed by atoms with Crippen LogP contribution in [0.1, 0.15) is 5.56 Å². The molecule has 0 bridgehead atoms. The fourth-order valence-corrected chi connectivity index (χ4v) is 4.91. The molecule has 26 heavy (non-hydrogen) atoms. The van der Waals surface area contributed by atoms with Crippen molar-refractivity contribution >= 4 is 40.8 Å². The van der Waals surface area contributed by atoms with Gasteiger partial charge >= 0.3 is 0 Å². The van der Waals surface area contributed by atoms with Gasteiger partial charge in [0.2, 0.25) is 6.41 Å². The van der Waals surface area contributed by atoms with Crippen LogP contribution in [0.3, 0.4) is 0 Å². The second kappa shape index (κ2) is 8.64. The zero-order chi connectivity index (χ0) is 18.4. The first-order valence-electron chi connectivity index (χ1n) is 7.86. The van der Waals surface area contributed by atoms with Gasteiger partial charge in [-0.2, -0.15) is 0 Å². The summed E-state index contributed by atoms with van der Waals surface area (Å²) in [4.78, 5) is 15.6. The van der Waals surface area contributed by atoms with Gasteiger partial charge in [0.25, 0.3) is 0 Å². The SMILES string of the molecule is Cc1ccc(N2Sc3ccccc3S2=O)cc1.O=CNc1ccccn1. The van der Waals surface area contributed by atoms with Crippen LogP contribution in [0.2, 0.25) is 0 Å². The maximum absolute atomic E-state index is 12.3. The van der Waals surface area contributed by atoms with Crippen LogP contribution in [0, 0.1) is 6.92 Å². The predicted molar refractivity (Wildman–Crippen MR) is 106 cm³/mol. The van der Waals surface area contributed by atoms with Crippen LogP contribution in [0.5, 0.6) is 0 Å². The van der Waals surface area contributed by atoms with Crippen LogP contribution in [0.4, 0.5) is 11.5 Å². The fourth-order valence-electron chi connectivity index (χ4n) is 2.21. The van der Waals surface area contributed by atoms with Crippen LogP contribution >= 0.6 is 11.9 Å². The van der Waals surface area contributed by atoms with E-state index in [-0.39, 0.29) is 0 Å². The maximum atomic E-state index is 12.3. The van der Waals surface area contributed by atoms with Crippen molar-refractivity contribution in [2.75, 3.05) is 9.03 Å². The van der Waals surface area contributed by atoms with Gasteiger partial charge in [0.05, 0.1) is 10.6 Å². The topological polar surface area (TPSA) is 62.3 Å². The molecule has 1 N–H and O–H groups in total. The monoisotopic (exact) mass is 383 g/mol. The van der Waals surface area contributed by atoms with Crippen molar-refractivity contribution in [1.29, 1.82) is 0 Å². The molecule has 5 nitrogen and oxygen atoms in total. The summed E-state index contributed by atoms with van der Waals surface area (Å²) in [5.41, 5.74) is 2.19. The fraction of sp³-hybridized carbons (Fsp3) is 0.0526. The lowest BCUT2D eigenvalue weighted by atomic mass is 10.2. The number of aryl methyl sites for hydroxylation is 1. The summed E-state index contributed by atoms with van der Waals surface area (Å²) in [6.07, 6.45) is 2.22. The van der Waals surface area contributed by atoms with Crippen molar-refractivity contribution in [3.8, 4) is 0 Å². The Hall–Kier alpha value is -2.64. The molecule has 1 unspecified atom stereocenters. The Morgan fingerprint density at radius 1 is 1.04 bits per heavy atom. The first-order chi connectivity index (χ1) is 12.7. The number of carbonyl (C=O) groups excluding carboxylic acids is 1. The standard InChI is InChI=1S/C13H11NOS2.C6H6N2O/c1-10-6-8-11(9-7-10)14-16-12-4-2-3-5-13(12)17(14)15;9-5-8-6-3-1-2-4-7-6/h2-9H,1H3;1-5H,(H,7,8,9). The lowest BCUT2D eigenvalue weighted by Crippen LogP contribution is -2.11. The molecule has 1 aromatic heterocycles. The van der Waals surface area contributed by atoms with Crippen LogP contribution in [-0.2, 0) is 15.8 Å². The summed E-state index contributed by atoms with van der Waals surface area (Å²) >= 11 is 1.54.